The highest BCUT2D eigenvalue weighted by molar-refractivity contribution is 8.00. The zero-order valence-corrected chi connectivity index (χ0v) is 17.4. The molecule has 0 aromatic heterocycles. The molecule has 1 saturated heterocycles. The second-order valence-electron chi connectivity index (χ2n) is 6.51. The van der Waals surface area contributed by atoms with Crippen molar-refractivity contribution >= 4 is 52.8 Å². The first-order valence-corrected chi connectivity index (χ1v) is 10.1. The van der Waals surface area contributed by atoms with Crippen LogP contribution < -0.4 is 5.32 Å². The largest absolute Gasteiger partial charge is 0.506 e. The first-order valence-electron chi connectivity index (χ1n) is 8.70. The van der Waals surface area contributed by atoms with Crippen molar-refractivity contribution in [1.82, 2.24) is 10.2 Å². The number of hydrogen-bond acceptors (Lipinski definition) is 9. The van der Waals surface area contributed by atoms with E-state index < -0.39 is 40.9 Å². The van der Waals surface area contributed by atoms with Gasteiger partial charge in [-0.25, -0.2) is 4.79 Å². The third-order valence-corrected chi connectivity index (χ3v) is 6.16. The average Bonchev–Trinajstić information content (AvgIpc) is 2.72. The number of aromatic hydroxyl groups is 1. The molecule has 3 rings (SSSR count). The van der Waals surface area contributed by atoms with Crippen LogP contribution in [0.5, 0.6) is 5.75 Å². The minimum Gasteiger partial charge on any atom is -0.506 e. The van der Waals surface area contributed by atoms with Gasteiger partial charge in [0.1, 0.15) is 29.5 Å². The van der Waals surface area contributed by atoms with Gasteiger partial charge in [-0.15, -0.1) is 11.8 Å². The molecule has 1 aromatic carbocycles. The van der Waals surface area contributed by atoms with Gasteiger partial charge in [-0.3, -0.25) is 19.3 Å². The fourth-order valence-corrected chi connectivity index (χ4v) is 4.59. The Kier molecular flexibility index (Phi) is 6.41. The standard InChI is InChI=1S/C18H16ClN3O8S/c1-7(23)30-5-9-6-31-17-13(16(26)22(17)14(9)18(27)28)20-15(25)12(21-29)8-2-3-11(24)10(19)4-8/h2-4,13,17,24,29H,5-6H2,1H3,(H,20,25)(H,27,28)/t13-,17-/m1/s1. The van der Waals surface area contributed by atoms with Crippen molar-refractivity contribution in [3.63, 3.8) is 0 Å². The summed E-state index contributed by atoms with van der Waals surface area (Å²) in [4.78, 5) is 48.9. The van der Waals surface area contributed by atoms with Gasteiger partial charge >= 0.3 is 11.9 Å². The normalized spacial score (nSPS) is 20.6. The van der Waals surface area contributed by atoms with E-state index in [9.17, 15) is 34.6 Å². The predicted molar refractivity (Wildman–Crippen MR) is 108 cm³/mol. The lowest BCUT2D eigenvalue weighted by atomic mass is 10.0. The fraction of sp³-hybridized carbons (Fsp3) is 0.278. The summed E-state index contributed by atoms with van der Waals surface area (Å²) >= 11 is 7.00. The molecule has 0 saturated carbocycles. The van der Waals surface area contributed by atoms with Crippen LogP contribution >= 0.6 is 23.4 Å². The SMILES string of the molecule is CC(=O)OCC1=C(C(=O)O)N2C(=O)[C@@H](NC(=O)C(=NO)c3ccc(O)c(Cl)c3)[C@H]2SC1. The van der Waals surface area contributed by atoms with E-state index in [2.05, 4.69) is 10.5 Å². The van der Waals surface area contributed by atoms with Gasteiger partial charge < -0.3 is 25.5 Å². The Morgan fingerprint density at radius 3 is 2.68 bits per heavy atom. The number of benzene rings is 1. The highest BCUT2D eigenvalue weighted by Crippen LogP contribution is 2.40. The Morgan fingerprint density at radius 2 is 2.10 bits per heavy atom. The molecule has 11 nitrogen and oxygen atoms in total. The number of nitrogens with one attached hydrogen (secondary N) is 1. The number of esters is 1. The summed E-state index contributed by atoms with van der Waals surface area (Å²) in [6.45, 7) is 0.919. The molecule has 2 heterocycles. The highest BCUT2D eigenvalue weighted by atomic mass is 35.5. The number of carboxylic acid groups (broad SMARTS) is 1. The van der Waals surface area contributed by atoms with Gasteiger partial charge in [-0.1, -0.05) is 16.8 Å². The molecular weight excluding hydrogens is 454 g/mol. The lowest BCUT2D eigenvalue weighted by Gasteiger charge is -2.49. The molecule has 31 heavy (non-hydrogen) atoms. The van der Waals surface area contributed by atoms with Crippen LogP contribution in [-0.4, -0.2) is 73.6 Å². The number of fused-ring (bicyclic) bond motifs is 1. The van der Waals surface area contributed by atoms with E-state index in [4.69, 9.17) is 16.3 Å². The van der Waals surface area contributed by atoms with Crippen LogP contribution in [0.2, 0.25) is 5.02 Å². The number of rotatable bonds is 6. The number of oxime groups is 1. The zero-order valence-electron chi connectivity index (χ0n) is 15.9. The van der Waals surface area contributed by atoms with E-state index in [0.717, 1.165) is 4.90 Å². The summed E-state index contributed by atoms with van der Waals surface area (Å²) in [7, 11) is 0. The van der Waals surface area contributed by atoms with Gasteiger partial charge in [0, 0.05) is 23.8 Å². The maximum atomic E-state index is 12.6. The number of aliphatic carboxylic acids is 1. The number of carbonyl (C=O) groups is 4. The fourth-order valence-electron chi connectivity index (χ4n) is 3.08. The summed E-state index contributed by atoms with van der Waals surface area (Å²) in [6, 6.07) is 2.65. The molecule has 13 heteroatoms. The van der Waals surface area contributed by atoms with Crippen molar-refractivity contribution in [2.75, 3.05) is 12.4 Å². The van der Waals surface area contributed by atoms with Gasteiger partial charge in [-0.05, 0) is 18.2 Å². The lowest BCUT2D eigenvalue weighted by Crippen LogP contribution is -2.71. The van der Waals surface area contributed by atoms with Crippen molar-refractivity contribution in [3.05, 3.63) is 40.1 Å². The Hall–Kier alpha value is -3.25. The molecule has 2 aliphatic rings. The summed E-state index contributed by atoms with van der Waals surface area (Å²) < 4.78 is 4.86. The maximum Gasteiger partial charge on any atom is 0.352 e. The summed E-state index contributed by atoms with van der Waals surface area (Å²) in [5, 5.41) is 32.9. The minimum atomic E-state index is -1.36. The first kappa shape index (κ1) is 22.4. The Labute approximate surface area is 184 Å². The molecule has 0 bridgehead atoms. The minimum absolute atomic E-state index is 0.0725. The van der Waals surface area contributed by atoms with E-state index in [1.165, 1.54) is 36.9 Å². The topological polar surface area (TPSA) is 166 Å². The number of phenols is 1. The number of ether oxygens (including phenoxy) is 1. The number of hydrogen-bond donors (Lipinski definition) is 4. The summed E-state index contributed by atoms with van der Waals surface area (Å²) in [5.41, 5.74) is -0.378. The van der Waals surface area contributed by atoms with Crippen molar-refractivity contribution in [2.45, 2.75) is 18.3 Å². The number of nitrogens with zero attached hydrogens (tertiary/aromatic N) is 2. The van der Waals surface area contributed by atoms with Crippen molar-refractivity contribution in [3.8, 4) is 5.75 Å². The van der Waals surface area contributed by atoms with Crippen LogP contribution in [0.3, 0.4) is 0 Å². The number of β-lactam (4-membered cyclic amide) rings is 1. The molecule has 1 aromatic rings. The molecule has 2 aliphatic heterocycles. The molecule has 1 fully saturated rings. The molecule has 0 radical (unpaired) electrons. The Balaban J connectivity index is 1.77. The highest BCUT2D eigenvalue weighted by Gasteiger charge is 2.54. The predicted octanol–water partition coefficient (Wildman–Crippen LogP) is 0.526. The van der Waals surface area contributed by atoms with Crippen LogP contribution in [0.1, 0.15) is 12.5 Å². The number of carboxylic acids is 1. The van der Waals surface area contributed by atoms with E-state index >= 15 is 0 Å². The molecule has 0 unspecified atom stereocenters. The number of phenolic OH excluding ortho intramolecular Hbond substituents is 1. The second-order valence-corrected chi connectivity index (χ2v) is 8.03. The Morgan fingerprint density at radius 1 is 1.39 bits per heavy atom. The lowest BCUT2D eigenvalue weighted by molar-refractivity contribution is -0.150. The molecular formula is C18H16ClN3O8S. The number of thioether (sulfide) groups is 1. The van der Waals surface area contributed by atoms with Crippen LogP contribution in [0.25, 0.3) is 0 Å². The molecule has 164 valence electrons. The molecule has 2 amide bonds. The van der Waals surface area contributed by atoms with Crippen molar-refractivity contribution in [2.24, 2.45) is 5.16 Å². The van der Waals surface area contributed by atoms with Gasteiger partial charge in [0.25, 0.3) is 11.8 Å². The van der Waals surface area contributed by atoms with Crippen molar-refractivity contribution < 1.29 is 39.3 Å². The van der Waals surface area contributed by atoms with Crippen LogP contribution in [0.4, 0.5) is 0 Å². The number of amides is 2. The number of halogens is 1. The van der Waals surface area contributed by atoms with Crippen LogP contribution in [-0.2, 0) is 23.9 Å². The van der Waals surface area contributed by atoms with Gasteiger partial charge in [-0.2, -0.15) is 0 Å². The second kappa shape index (κ2) is 8.86. The zero-order chi connectivity index (χ0) is 22.9. The summed E-state index contributed by atoms with van der Waals surface area (Å²) in [6.07, 6.45) is 0. The average molecular weight is 470 g/mol. The molecule has 0 spiro atoms. The summed E-state index contributed by atoms with van der Waals surface area (Å²) in [5.74, 6) is -3.58. The monoisotopic (exact) mass is 469 g/mol. The van der Waals surface area contributed by atoms with Crippen LogP contribution in [0, 0.1) is 0 Å². The van der Waals surface area contributed by atoms with E-state index in [1.807, 2.05) is 0 Å². The quantitative estimate of drug-likeness (QED) is 0.153. The van der Waals surface area contributed by atoms with E-state index in [-0.39, 0.29) is 40.0 Å². The molecule has 4 N–H and O–H groups in total. The van der Waals surface area contributed by atoms with E-state index in [0.29, 0.717) is 0 Å². The number of carbonyl (C=O) groups excluding carboxylic acids is 3. The third-order valence-electron chi connectivity index (χ3n) is 4.52. The van der Waals surface area contributed by atoms with Gasteiger partial charge in [0.2, 0.25) is 0 Å². The van der Waals surface area contributed by atoms with E-state index in [1.54, 1.807) is 0 Å². The maximum absolute atomic E-state index is 12.6. The third kappa shape index (κ3) is 4.30. The van der Waals surface area contributed by atoms with Gasteiger partial charge in [0.05, 0.1) is 5.02 Å². The van der Waals surface area contributed by atoms with Crippen molar-refractivity contribution in [1.29, 1.82) is 0 Å². The van der Waals surface area contributed by atoms with Crippen LogP contribution in [0.15, 0.2) is 34.6 Å². The first-order chi connectivity index (χ1) is 14.6. The Bertz CT molecular complexity index is 1040. The van der Waals surface area contributed by atoms with Gasteiger partial charge in [0.15, 0.2) is 5.71 Å². The molecule has 0 aliphatic carbocycles. The smallest absolute Gasteiger partial charge is 0.352 e. The molecule has 2 atom stereocenters.